The van der Waals surface area contributed by atoms with Crippen molar-refractivity contribution in [3.05, 3.63) is 0 Å². The molecular weight excluding hydrogens is 199 g/mol. The Kier molecular flexibility index (Phi) is 4.38. The lowest BCUT2D eigenvalue weighted by atomic mass is 9.90. The van der Waals surface area contributed by atoms with Crippen LogP contribution < -0.4 is 5.48 Å². The van der Waals surface area contributed by atoms with Gasteiger partial charge in [0.15, 0.2) is 6.61 Å². The van der Waals surface area contributed by atoms with Crippen molar-refractivity contribution in [2.45, 2.75) is 33.4 Å². The second kappa shape index (κ2) is 4.63. The molecule has 0 unspecified atom stereocenters. The van der Waals surface area contributed by atoms with Gasteiger partial charge in [0.25, 0.3) is 0 Å². The van der Waals surface area contributed by atoms with E-state index in [1.807, 2.05) is 0 Å². The van der Waals surface area contributed by atoms with Gasteiger partial charge in [-0.05, 0) is 6.42 Å². The van der Waals surface area contributed by atoms with Gasteiger partial charge in [-0.1, -0.05) is 20.8 Å². The minimum atomic E-state index is -4.43. The van der Waals surface area contributed by atoms with Crippen LogP contribution >= 0.6 is 0 Å². The normalized spacial score (nSPS) is 12.7. The summed E-state index contributed by atoms with van der Waals surface area (Å²) in [5.74, 6) is -0.552. The van der Waals surface area contributed by atoms with E-state index in [0.717, 1.165) is 0 Å². The first-order valence-electron chi connectivity index (χ1n) is 4.18. The fraction of sp³-hybridized carbons (Fsp3) is 0.875. The number of amides is 1. The zero-order chi connectivity index (χ0) is 11.4. The lowest BCUT2D eigenvalue weighted by Gasteiger charge is -2.21. The van der Waals surface area contributed by atoms with Gasteiger partial charge in [0.05, 0.1) is 0 Å². The van der Waals surface area contributed by atoms with Gasteiger partial charge < -0.3 is 0 Å². The molecule has 0 heterocycles. The maximum absolute atomic E-state index is 11.6. The molecule has 0 aliphatic heterocycles. The van der Waals surface area contributed by atoms with Gasteiger partial charge in [0.2, 0.25) is 5.91 Å². The number of carbonyl (C=O) groups excluding carboxylic acids is 1. The predicted octanol–water partition coefficient (Wildman–Crippen LogP) is 2.03. The molecule has 3 nitrogen and oxygen atoms in total. The first kappa shape index (κ1) is 13.2. The lowest BCUT2D eigenvalue weighted by molar-refractivity contribution is -0.194. The Bertz CT molecular complexity index is 201. The van der Waals surface area contributed by atoms with Crippen molar-refractivity contribution in [2.75, 3.05) is 6.61 Å². The SMILES string of the molecule is CCC(C)(C)C(=O)NOCC(F)(F)F. The van der Waals surface area contributed by atoms with Crippen LogP contribution in [0.1, 0.15) is 27.2 Å². The van der Waals surface area contributed by atoms with Gasteiger partial charge in [-0.15, -0.1) is 0 Å². The monoisotopic (exact) mass is 213 g/mol. The van der Waals surface area contributed by atoms with Gasteiger partial charge in [-0.25, -0.2) is 5.48 Å². The van der Waals surface area contributed by atoms with E-state index in [9.17, 15) is 18.0 Å². The molecule has 0 aliphatic rings. The molecule has 0 saturated heterocycles. The fourth-order valence-corrected chi connectivity index (χ4v) is 0.482. The van der Waals surface area contributed by atoms with Crippen LogP contribution in [0.3, 0.4) is 0 Å². The summed E-state index contributed by atoms with van der Waals surface area (Å²) in [5.41, 5.74) is 1.05. The standard InChI is InChI=1S/C8H14F3NO2/c1-4-7(2,3)6(13)12-14-5-8(9,10)11/h4-5H2,1-3H3,(H,12,13). The second-order valence-electron chi connectivity index (χ2n) is 3.57. The van der Waals surface area contributed by atoms with E-state index in [1.54, 1.807) is 26.3 Å². The molecule has 0 spiro atoms. The van der Waals surface area contributed by atoms with Crippen LogP contribution in [0, 0.1) is 5.41 Å². The molecule has 84 valence electrons. The third kappa shape index (κ3) is 5.06. The van der Waals surface area contributed by atoms with E-state index in [4.69, 9.17) is 0 Å². The van der Waals surface area contributed by atoms with Crippen molar-refractivity contribution in [1.82, 2.24) is 5.48 Å². The van der Waals surface area contributed by atoms with Crippen LogP contribution in [0.15, 0.2) is 0 Å². The molecule has 0 rings (SSSR count). The van der Waals surface area contributed by atoms with Crippen LogP contribution in [0.2, 0.25) is 0 Å². The molecule has 6 heteroatoms. The third-order valence-electron chi connectivity index (χ3n) is 1.90. The van der Waals surface area contributed by atoms with E-state index in [2.05, 4.69) is 4.84 Å². The summed E-state index contributed by atoms with van der Waals surface area (Å²) in [5, 5.41) is 0. The first-order valence-corrected chi connectivity index (χ1v) is 4.18. The number of carbonyl (C=O) groups is 1. The number of hydroxylamine groups is 1. The Morgan fingerprint density at radius 3 is 2.21 bits per heavy atom. The molecule has 0 fully saturated rings. The average molecular weight is 213 g/mol. The van der Waals surface area contributed by atoms with E-state index in [-0.39, 0.29) is 0 Å². The topological polar surface area (TPSA) is 38.3 Å². The van der Waals surface area contributed by atoms with E-state index in [0.29, 0.717) is 6.42 Å². The van der Waals surface area contributed by atoms with E-state index < -0.39 is 24.1 Å². The molecule has 14 heavy (non-hydrogen) atoms. The molecule has 0 radical (unpaired) electrons. The zero-order valence-corrected chi connectivity index (χ0v) is 8.36. The molecule has 1 N–H and O–H groups in total. The molecular formula is C8H14F3NO2. The Balaban J connectivity index is 3.87. The summed E-state index contributed by atoms with van der Waals surface area (Å²) in [6.45, 7) is 3.54. The van der Waals surface area contributed by atoms with Crippen molar-refractivity contribution < 1.29 is 22.8 Å². The van der Waals surface area contributed by atoms with Crippen molar-refractivity contribution >= 4 is 5.91 Å². The quantitative estimate of drug-likeness (QED) is 0.725. The third-order valence-corrected chi connectivity index (χ3v) is 1.90. The van der Waals surface area contributed by atoms with E-state index >= 15 is 0 Å². The number of halogens is 3. The highest BCUT2D eigenvalue weighted by Crippen LogP contribution is 2.19. The number of alkyl halides is 3. The summed E-state index contributed by atoms with van der Waals surface area (Å²) in [7, 11) is 0. The van der Waals surface area contributed by atoms with Crippen LogP contribution in [0.5, 0.6) is 0 Å². The number of hydrogen-bond acceptors (Lipinski definition) is 2. The molecule has 0 atom stereocenters. The molecule has 0 saturated carbocycles. The Morgan fingerprint density at radius 1 is 1.36 bits per heavy atom. The second-order valence-corrected chi connectivity index (χ2v) is 3.57. The highest BCUT2D eigenvalue weighted by molar-refractivity contribution is 5.80. The van der Waals surface area contributed by atoms with Gasteiger partial charge in [-0.2, -0.15) is 13.2 Å². The van der Waals surface area contributed by atoms with E-state index in [1.165, 1.54) is 0 Å². The van der Waals surface area contributed by atoms with Gasteiger partial charge in [0.1, 0.15) is 0 Å². The summed E-state index contributed by atoms with van der Waals surface area (Å²) in [6, 6.07) is 0. The maximum Gasteiger partial charge on any atom is 0.414 e. The summed E-state index contributed by atoms with van der Waals surface area (Å²) in [6.07, 6.45) is -3.90. The maximum atomic E-state index is 11.6. The van der Waals surface area contributed by atoms with Crippen LogP contribution in [0.25, 0.3) is 0 Å². The smallest absolute Gasteiger partial charge is 0.272 e. The first-order chi connectivity index (χ1) is 6.19. The Morgan fingerprint density at radius 2 is 1.86 bits per heavy atom. The molecule has 0 aromatic rings. The molecule has 1 amide bonds. The van der Waals surface area contributed by atoms with Crippen molar-refractivity contribution in [3.8, 4) is 0 Å². The van der Waals surface area contributed by atoms with Gasteiger partial charge in [-0.3, -0.25) is 9.63 Å². The van der Waals surface area contributed by atoms with Gasteiger partial charge in [0, 0.05) is 5.41 Å². The minimum absolute atomic E-state index is 0.522. The van der Waals surface area contributed by atoms with Crippen LogP contribution in [0.4, 0.5) is 13.2 Å². The largest absolute Gasteiger partial charge is 0.414 e. The van der Waals surface area contributed by atoms with Crippen LogP contribution in [-0.4, -0.2) is 18.7 Å². The minimum Gasteiger partial charge on any atom is -0.272 e. The highest BCUT2D eigenvalue weighted by Gasteiger charge is 2.30. The van der Waals surface area contributed by atoms with Gasteiger partial charge >= 0.3 is 6.18 Å². The summed E-state index contributed by atoms with van der Waals surface area (Å²) >= 11 is 0. The summed E-state index contributed by atoms with van der Waals surface area (Å²) < 4.78 is 34.8. The number of nitrogens with one attached hydrogen (secondary N) is 1. The average Bonchev–Trinajstić information content (AvgIpc) is 2.02. The number of rotatable bonds is 4. The van der Waals surface area contributed by atoms with Crippen molar-refractivity contribution in [2.24, 2.45) is 5.41 Å². The Labute approximate surface area is 80.6 Å². The van der Waals surface area contributed by atoms with Crippen molar-refractivity contribution in [1.29, 1.82) is 0 Å². The molecule has 0 aromatic heterocycles. The van der Waals surface area contributed by atoms with Crippen molar-refractivity contribution in [3.63, 3.8) is 0 Å². The molecule has 0 aromatic carbocycles. The summed E-state index contributed by atoms with van der Waals surface area (Å²) in [4.78, 5) is 15.2. The fourth-order valence-electron chi connectivity index (χ4n) is 0.482. The lowest BCUT2D eigenvalue weighted by Crippen LogP contribution is -2.38. The highest BCUT2D eigenvalue weighted by atomic mass is 19.4. The zero-order valence-electron chi connectivity index (χ0n) is 8.36. The van der Waals surface area contributed by atoms with Crippen LogP contribution in [-0.2, 0) is 9.63 Å². The Hall–Kier alpha value is -0.780. The number of hydrogen-bond donors (Lipinski definition) is 1. The predicted molar refractivity (Wildman–Crippen MR) is 44.2 cm³/mol. The molecule has 0 bridgehead atoms. The molecule has 0 aliphatic carbocycles.